The fraction of sp³-hybridized carbons (Fsp3) is 0.923. The molecule has 0 aromatic carbocycles. The van der Waals surface area contributed by atoms with Gasteiger partial charge in [0.05, 0.1) is 6.61 Å². The van der Waals surface area contributed by atoms with Crippen LogP contribution in [-0.4, -0.2) is 5.11 Å². The van der Waals surface area contributed by atoms with Gasteiger partial charge >= 0.3 is 0 Å². The van der Waals surface area contributed by atoms with Crippen LogP contribution in [0, 0.1) is 6.61 Å². The average molecular weight is 199 g/mol. The van der Waals surface area contributed by atoms with Gasteiger partial charge in [-0.15, -0.1) is 0 Å². The van der Waals surface area contributed by atoms with Crippen molar-refractivity contribution in [3.63, 3.8) is 0 Å². The summed E-state index contributed by atoms with van der Waals surface area (Å²) in [7, 11) is 0. The Labute approximate surface area is 89.9 Å². The Balaban J connectivity index is 2.78. The van der Waals surface area contributed by atoms with Crippen LogP contribution >= 0.6 is 0 Å². The highest BCUT2D eigenvalue weighted by atomic mass is 16.2. The van der Waals surface area contributed by atoms with E-state index in [-0.39, 0.29) is 0 Å². The number of hydrogen-bond donors (Lipinski definition) is 1. The Morgan fingerprint density at radius 1 is 0.714 bits per heavy atom. The topological polar surface area (TPSA) is 20.2 Å². The van der Waals surface area contributed by atoms with Crippen molar-refractivity contribution >= 4 is 0 Å². The van der Waals surface area contributed by atoms with Gasteiger partial charge in [0.25, 0.3) is 0 Å². The summed E-state index contributed by atoms with van der Waals surface area (Å²) in [5.74, 6) is 0. The summed E-state index contributed by atoms with van der Waals surface area (Å²) >= 11 is 0. The molecule has 85 valence electrons. The number of hydrogen-bond acceptors (Lipinski definition) is 1. The zero-order valence-corrected chi connectivity index (χ0v) is 9.80. The van der Waals surface area contributed by atoms with Crippen molar-refractivity contribution in [1.29, 1.82) is 0 Å². The molecule has 1 nitrogen and oxygen atoms in total. The quantitative estimate of drug-likeness (QED) is 0.472. The van der Waals surface area contributed by atoms with Crippen LogP contribution in [0.3, 0.4) is 0 Å². The Kier molecular flexibility index (Phi) is 12.9. The molecule has 0 aromatic heterocycles. The first kappa shape index (κ1) is 14.0. The van der Waals surface area contributed by atoms with Crippen LogP contribution in [0.2, 0.25) is 0 Å². The molecule has 0 aliphatic rings. The lowest BCUT2D eigenvalue weighted by Crippen LogP contribution is -1.82. The van der Waals surface area contributed by atoms with Crippen molar-refractivity contribution < 1.29 is 5.11 Å². The van der Waals surface area contributed by atoms with Gasteiger partial charge in [0.15, 0.2) is 0 Å². The second-order valence-electron chi connectivity index (χ2n) is 4.15. The highest BCUT2D eigenvalue weighted by Gasteiger charge is 1.92. The van der Waals surface area contributed by atoms with E-state index in [0.29, 0.717) is 0 Å². The Bertz CT molecular complexity index is 79.2. The van der Waals surface area contributed by atoms with Crippen LogP contribution in [0.5, 0.6) is 0 Å². The lowest BCUT2D eigenvalue weighted by Gasteiger charge is -2.01. The lowest BCUT2D eigenvalue weighted by molar-refractivity contribution is 0.367. The van der Waals surface area contributed by atoms with Gasteiger partial charge in [-0.3, -0.25) is 0 Å². The van der Waals surface area contributed by atoms with Gasteiger partial charge in [-0.05, 0) is 6.42 Å². The molecule has 0 saturated carbocycles. The first-order valence-corrected chi connectivity index (χ1v) is 6.37. The van der Waals surface area contributed by atoms with Crippen molar-refractivity contribution in [2.24, 2.45) is 0 Å². The van der Waals surface area contributed by atoms with Crippen LogP contribution in [-0.2, 0) is 0 Å². The van der Waals surface area contributed by atoms with E-state index < -0.39 is 0 Å². The van der Waals surface area contributed by atoms with Crippen LogP contribution in [0.15, 0.2) is 0 Å². The minimum Gasteiger partial charge on any atom is -0.390 e. The maximum atomic E-state index is 8.46. The van der Waals surface area contributed by atoms with Crippen molar-refractivity contribution in [3.05, 3.63) is 6.61 Å². The van der Waals surface area contributed by atoms with E-state index in [1.807, 2.05) is 0 Å². The molecule has 0 spiro atoms. The summed E-state index contributed by atoms with van der Waals surface area (Å²) in [6.07, 6.45) is 14.5. The smallest absolute Gasteiger partial charge is 0.0799 e. The maximum Gasteiger partial charge on any atom is 0.0799 e. The minimum atomic E-state index is 0.872. The molecule has 0 saturated heterocycles. The number of rotatable bonds is 11. The van der Waals surface area contributed by atoms with Gasteiger partial charge in [-0.2, -0.15) is 0 Å². The zero-order valence-electron chi connectivity index (χ0n) is 9.80. The maximum absolute atomic E-state index is 8.46. The molecule has 0 fully saturated rings. The predicted molar refractivity (Wildman–Crippen MR) is 62.7 cm³/mol. The third-order valence-corrected chi connectivity index (χ3v) is 2.69. The van der Waals surface area contributed by atoms with E-state index in [9.17, 15) is 0 Å². The third-order valence-electron chi connectivity index (χ3n) is 2.69. The largest absolute Gasteiger partial charge is 0.390 e. The van der Waals surface area contributed by atoms with Crippen LogP contribution in [0.4, 0.5) is 0 Å². The van der Waals surface area contributed by atoms with Gasteiger partial charge in [0, 0.05) is 0 Å². The number of unbranched alkanes of at least 4 members (excludes halogenated alkanes) is 10. The van der Waals surface area contributed by atoms with Crippen molar-refractivity contribution in [2.75, 3.05) is 0 Å². The molecule has 0 unspecified atom stereocenters. The minimum absolute atomic E-state index is 0.872. The molecule has 0 heterocycles. The highest BCUT2D eigenvalue weighted by Crippen LogP contribution is 2.11. The standard InChI is InChI=1S/C13H27O/c1-2-3-4-5-6-7-8-9-10-11-12-13-14/h13-14H,2-12H2,1H3. The molecule has 1 N–H and O–H groups in total. The first-order valence-electron chi connectivity index (χ1n) is 6.37. The fourth-order valence-electron chi connectivity index (χ4n) is 1.72. The third kappa shape index (κ3) is 12.0. The summed E-state index contributed by atoms with van der Waals surface area (Å²) in [6, 6.07) is 0. The van der Waals surface area contributed by atoms with E-state index >= 15 is 0 Å². The van der Waals surface area contributed by atoms with Gasteiger partial charge in [0.1, 0.15) is 0 Å². The van der Waals surface area contributed by atoms with Crippen LogP contribution in [0.25, 0.3) is 0 Å². The Hall–Kier alpha value is -0.0400. The van der Waals surface area contributed by atoms with Gasteiger partial charge in [0.2, 0.25) is 0 Å². The number of aliphatic hydroxyl groups is 1. The van der Waals surface area contributed by atoms with Crippen LogP contribution in [0.1, 0.15) is 77.6 Å². The molecular formula is C13H27O. The highest BCUT2D eigenvalue weighted by molar-refractivity contribution is 4.50. The molecule has 0 bridgehead atoms. The normalized spacial score (nSPS) is 10.7. The summed E-state index contributed by atoms with van der Waals surface area (Å²) in [5.41, 5.74) is 0. The SMILES string of the molecule is CCCCCCCCCCCC[CH]O. The molecule has 0 rings (SSSR count). The molecule has 0 aliphatic heterocycles. The van der Waals surface area contributed by atoms with Crippen molar-refractivity contribution in [2.45, 2.75) is 77.6 Å². The van der Waals surface area contributed by atoms with Crippen molar-refractivity contribution in [1.82, 2.24) is 0 Å². The molecule has 0 aromatic rings. The predicted octanol–water partition coefficient (Wildman–Crippen LogP) is 4.83. The summed E-state index contributed by atoms with van der Waals surface area (Å²) < 4.78 is 0. The van der Waals surface area contributed by atoms with Gasteiger partial charge < -0.3 is 5.11 Å². The van der Waals surface area contributed by atoms with E-state index in [4.69, 9.17) is 5.11 Å². The molecular weight excluding hydrogens is 172 g/mol. The molecule has 0 amide bonds. The molecule has 0 aliphatic carbocycles. The number of aliphatic hydroxyl groups excluding tert-OH is 1. The van der Waals surface area contributed by atoms with E-state index in [0.717, 1.165) is 12.8 Å². The second kappa shape index (κ2) is 13.0. The summed E-state index contributed by atoms with van der Waals surface area (Å²) in [4.78, 5) is 0. The molecule has 1 heteroatoms. The molecule has 14 heavy (non-hydrogen) atoms. The Morgan fingerprint density at radius 2 is 1.14 bits per heavy atom. The monoisotopic (exact) mass is 199 g/mol. The average Bonchev–Trinajstić information content (AvgIpc) is 2.21. The van der Waals surface area contributed by atoms with Gasteiger partial charge in [-0.1, -0.05) is 71.1 Å². The van der Waals surface area contributed by atoms with E-state index in [1.54, 1.807) is 0 Å². The second-order valence-corrected chi connectivity index (χ2v) is 4.15. The molecule has 1 radical (unpaired) electrons. The zero-order chi connectivity index (χ0) is 10.5. The summed E-state index contributed by atoms with van der Waals surface area (Å²) in [5, 5.41) is 8.46. The van der Waals surface area contributed by atoms with Crippen LogP contribution < -0.4 is 0 Å². The first-order chi connectivity index (χ1) is 6.91. The van der Waals surface area contributed by atoms with E-state index in [1.165, 1.54) is 64.4 Å². The summed E-state index contributed by atoms with van der Waals surface area (Å²) in [6.45, 7) is 3.54. The lowest BCUT2D eigenvalue weighted by atomic mass is 10.1. The molecule has 0 atom stereocenters. The Morgan fingerprint density at radius 3 is 1.57 bits per heavy atom. The van der Waals surface area contributed by atoms with E-state index in [2.05, 4.69) is 6.92 Å². The van der Waals surface area contributed by atoms with Gasteiger partial charge in [-0.25, -0.2) is 0 Å². The van der Waals surface area contributed by atoms with Crippen molar-refractivity contribution in [3.8, 4) is 0 Å². The fourth-order valence-corrected chi connectivity index (χ4v) is 1.72.